The minimum atomic E-state index is -0.514. The van der Waals surface area contributed by atoms with E-state index in [4.69, 9.17) is 0 Å². The fraction of sp³-hybridized carbons (Fsp3) is 0.533. The average molecular weight is 276 g/mol. The predicted octanol–water partition coefficient (Wildman–Crippen LogP) is 3.42. The Morgan fingerprint density at radius 1 is 1.40 bits per heavy atom. The molecular weight excluding hydrogens is 256 g/mol. The van der Waals surface area contributed by atoms with Crippen LogP contribution in [0.1, 0.15) is 43.5 Å². The highest BCUT2D eigenvalue weighted by Crippen LogP contribution is 2.39. The summed E-state index contributed by atoms with van der Waals surface area (Å²) in [4.78, 5) is 23.6. The van der Waals surface area contributed by atoms with Crippen molar-refractivity contribution in [3.05, 3.63) is 33.9 Å². The number of carbonyl (C=O) groups excluding carboxylic acids is 1. The molecule has 0 radical (unpaired) electrons. The van der Waals surface area contributed by atoms with Crippen molar-refractivity contribution in [2.24, 2.45) is 5.41 Å². The zero-order valence-electron chi connectivity index (χ0n) is 12.0. The number of hydrogen-bond acceptors (Lipinski definition) is 4. The highest BCUT2D eigenvalue weighted by Gasteiger charge is 2.35. The van der Waals surface area contributed by atoms with Gasteiger partial charge in [0, 0.05) is 24.8 Å². The molecule has 1 aliphatic rings. The SMILES string of the molecule is CCC1(CC)CCN(c2ccc([N+](=O)[O-])c(C=O)c2)C1. The topological polar surface area (TPSA) is 63.4 Å². The standard InChI is InChI=1S/C15H20N2O3/c1-3-15(4-2)7-8-16(11-15)13-5-6-14(17(19)20)12(9-13)10-18/h5-6,9-10H,3-4,7-8,11H2,1-2H3. The highest BCUT2D eigenvalue weighted by atomic mass is 16.6. The summed E-state index contributed by atoms with van der Waals surface area (Å²) in [6.45, 7) is 6.31. The number of aldehydes is 1. The second kappa shape index (κ2) is 5.61. The first-order valence-corrected chi connectivity index (χ1v) is 7.04. The molecule has 1 aromatic rings. The van der Waals surface area contributed by atoms with Crippen LogP contribution in [0.4, 0.5) is 11.4 Å². The summed E-state index contributed by atoms with van der Waals surface area (Å²) < 4.78 is 0. The Morgan fingerprint density at radius 3 is 2.60 bits per heavy atom. The van der Waals surface area contributed by atoms with Gasteiger partial charge in [-0.05, 0) is 36.8 Å². The quantitative estimate of drug-likeness (QED) is 0.469. The normalized spacial score (nSPS) is 17.2. The lowest BCUT2D eigenvalue weighted by molar-refractivity contribution is -0.385. The molecule has 0 bridgehead atoms. The largest absolute Gasteiger partial charge is 0.371 e. The van der Waals surface area contributed by atoms with Crippen LogP contribution in [0.3, 0.4) is 0 Å². The van der Waals surface area contributed by atoms with Gasteiger partial charge in [0.25, 0.3) is 5.69 Å². The van der Waals surface area contributed by atoms with E-state index in [2.05, 4.69) is 18.7 Å². The van der Waals surface area contributed by atoms with Crippen LogP contribution in [-0.2, 0) is 0 Å². The molecule has 0 N–H and O–H groups in total. The lowest BCUT2D eigenvalue weighted by Gasteiger charge is -2.27. The van der Waals surface area contributed by atoms with E-state index in [1.165, 1.54) is 6.07 Å². The molecule has 108 valence electrons. The fourth-order valence-corrected chi connectivity index (χ4v) is 2.98. The van der Waals surface area contributed by atoms with Crippen LogP contribution < -0.4 is 4.90 Å². The third-order valence-electron chi connectivity index (χ3n) is 4.64. The minimum Gasteiger partial charge on any atom is -0.371 e. The third kappa shape index (κ3) is 2.53. The molecule has 1 aliphatic heterocycles. The van der Waals surface area contributed by atoms with Crippen molar-refractivity contribution in [2.75, 3.05) is 18.0 Å². The first-order valence-electron chi connectivity index (χ1n) is 7.04. The molecule has 0 unspecified atom stereocenters. The van der Waals surface area contributed by atoms with E-state index < -0.39 is 4.92 Å². The number of anilines is 1. The van der Waals surface area contributed by atoms with Gasteiger partial charge in [-0.25, -0.2) is 0 Å². The maximum atomic E-state index is 11.0. The fourth-order valence-electron chi connectivity index (χ4n) is 2.98. The molecule has 0 atom stereocenters. The first-order chi connectivity index (χ1) is 9.55. The van der Waals surface area contributed by atoms with Crippen LogP contribution in [0, 0.1) is 15.5 Å². The summed E-state index contributed by atoms with van der Waals surface area (Å²) in [5.74, 6) is 0. The van der Waals surface area contributed by atoms with Gasteiger partial charge in [-0.15, -0.1) is 0 Å². The van der Waals surface area contributed by atoms with Crippen LogP contribution in [0.25, 0.3) is 0 Å². The van der Waals surface area contributed by atoms with Crippen molar-refractivity contribution < 1.29 is 9.72 Å². The summed E-state index contributed by atoms with van der Waals surface area (Å²) >= 11 is 0. The van der Waals surface area contributed by atoms with E-state index >= 15 is 0 Å². The van der Waals surface area contributed by atoms with Crippen LogP contribution in [0.2, 0.25) is 0 Å². The molecule has 5 nitrogen and oxygen atoms in total. The van der Waals surface area contributed by atoms with Crippen LogP contribution in [0.15, 0.2) is 18.2 Å². The van der Waals surface area contributed by atoms with Crippen molar-refractivity contribution in [2.45, 2.75) is 33.1 Å². The van der Waals surface area contributed by atoms with Gasteiger partial charge >= 0.3 is 0 Å². The zero-order valence-corrected chi connectivity index (χ0v) is 12.0. The number of nitro groups is 1. The van der Waals surface area contributed by atoms with Crippen LogP contribution in [0.5, 0.6) is 0 Å². The molecule has 0 aromatic heterocycles. The van der Waals surface area contributed by atoms with Gasteiger partial charge in [0.15, 0.2) is 6.29 Å². The first kappa shape index (κ1) is 14.5. The van der Waals surface area contributed by atoms with E-state index in [0.717, 1.165) is 38.0 Å². The molecule has 0 amide bonds. The lowest BCUT2D eigenvalue weighted by Crippen LogP contribution is -2.26. The molecule has 20 heavy (non-hydrogen) atoms. The number of carbonyl (C=O) groups is 1. The van der Waals surface area contributed by atoms with E-state index in [1.54, 1.807) is 12.1 Å². The number of nitrogens with zero attached hydrogens (tertiary/aromatic N) is 2. The Bertz CT molecular complexity index is 524. The Labute approximate surface area is 118 Å². The molecule has 1 saturated heterocycles. The van der Waals surface area contributed by atoms with Crippen molar-refractivity contribution in [3.63, 3.8) is 0 Å². The Kier molecular flexibility index (Phi) is 4.06. The number of benzene rings is 1. The van der Waals surface area contributed by atoms with E-state index in [9.17, 15) is 14.9 Å². The Balaban J connectivity index is 2.27. The zero-order chi connectivity index (χ0) is 14.8. The Morgan fingerprint density at radius 2 is 2.10 bits per heavy atom. The number of rotatable bonds is 5. The van der Waals surface area contributed by atoms with Crippen LogP contribution >= 0.6 is 0 Å². The molecule has 1 fully saturated rings. The maximum absolute atomic E-state index is 11.0. The van der Waals surface area contributed by atoms with Gasteiger partial charge in [-0.2, -0.15) is 0 Å². The van der Waals surface area contributed by atoms with Crippen molar-refractivity contribution in [1.82, 2.24) is 0 Å². The predicted molar refractivity (Wildman–Crippen MR) is 78.3 cm³/mol. The van der Waals surface area contributed by atoms with Gasteiger partial charge in [0.2, 0.25) is 0 Å². The maximum Gasteiger partial charge on any atom is 0.280 e. The second-order valence-corrected chi connectivity index (χ2v) is 5.50. The highest BCUT2D eigenvalue weighted by molar-refractivity contribution is 5.83. The number of hydrogen-bond donors (Lipinski definition) is 0. The molecule has 1 heterocycles. The Hall–Kier alpha value is -1.91. The van der Waals surface area contributed by atoms with Gasteiger partial charge in [0.05, 0.1) is 10.5 Å². The van der Waals surface area contributed by atoms with Gasteiger partial charge in [0.1, 0.15) is 0 Å². The summed E-state index contributed by atoms with van der Waals surface area (Å²) in [6, 6.07) is 4.80. The molecule has 0 spiro atoms. The molecule has 2 rings (SSSR count). The second-order valence-electron chi connectivity index (χ2n) is 5.50. The molecular formula is C15H20N2O3. The van der Waals surface area contributed by atoms with Crippen molar-refractivity contribution >= 4 is 17.7 Å². The molecule has 0 saturated carbocycles. The molecule has 0 aliphatic carbocycles. The van der Waals surface area contributed by atoms with Crippen LogP contribution in [-0.4, -0.2) is 24.3 Å². The van der Waals surface area contributed by atoms with Gasteiger partial charge in [-0.3, -0.25) is 14.9 Å². The van der Waals surface area contributed by atoms with E-state index in [1.807, 2.05) is 0 Å². The minimum absolute atomic E-state index is 0.125. The van der Waals surface area contributed by atoms with Gasteiger partial charge in [-0.1, -0.05) is 13.8 Å². The summed E-state index contributed by atoms with van der Waals surface area (Å²) in [5.41, 5.74) is 1.27. The number of nitro benzene ring substituents is 1. The van der Waals surface area contributed by atoms with E-state index in [0.29, 0.717) is 11.7 Å². The average Bonchev–Trinajstić information content (AvgIpc) is 2.91. The van der Waals surface area contributed by atoms with Crippen molar-refractivity contribution in [1.29, 1.82) is 0 Å². The van der Waals surface area contributed by atoms with Crippen molar-refractivity contribution in [3.8, 4) is 0 Å². The smallest absolute Gasteiger partial charge is 0.280 e. The van der Waals surface area contributed by atoms with E-state index in [-0.39, 0.29) is 11.3 Å². The third-order valence-corrected chi connectivity index (χ3v) is 4.64. The summed E-state index contributed by atoms with van der Waals surface area (Å²) in [6.07, 6.45) is 3.96. The summed E-state index contributed by atoms with van der Waals surface area (Å²) in [5, 5.41) is 10.8. The summed E-state index contributed by atoms with van der Waals surface area (Å²) in [7, 11) is 0. The van der Waals surface area contributed by atoms with Gasteiger partial charge < -0.3 is 4.90 Å². The molecule has 1 aromatic carbocycles. The lowest BCUT2D eigenvalue weighted by atomic mass is 9.82. The molecule has 5 heteroatoms. The monoisotopic (exact) mass is 276 g/mol.